The number of nitrogens with one attached hydrogen (secondary N) is 1. The van der Waals surface area contributed by atoms with Crippen LogP contribution >= 0.6 is 11.6 Å². The van der Waals surface area contributed by atoms with Crippen LogP contribution in [0.2, 0.25) is 5.02 Å². The van der Waals surface area contributed by atoms with Gasteiger partial charge in [0, 0.05) is 38.2 Å². The summed E-state index contributed by atoms with van der Waals surface area (Å²) in [7, 11) is 0. The fraction of sp³-hybridized carbons (Fsp3) is 0.304. The van der Waals surface area contributed by atoms with E-state index in [9.17, 15) is 28.0 Å². The summed E-state index contributed by atoms with van der Waals surface area (Å²) in [5.41, 5.74) is -2.01. The zero-order valence-electron chi connectivity index (χ0n) is 21.4. The summed E-state index contributed by atoms with van der Waals surface area (Å²) in [6.07, 6.45) is -4.37. The van der Waals surface area contributed by atoms with Crippen molar-refractivity contribution in [3.63, 3.8) is 0 Å². The Morgan fingerprint density at radius 2 is 2.00 bits per heavy atom. The first-order valence-corrected chi connectivity index (χ1v) is 9.95. The van der Waals surface area contributed by atoms with Crippen LogP contribution in [0.25, 0.3) is 0 Å². The van der Waals surface area contributed by atoms with Gasteiger partial charge >= 0.3 is 5.92 Å². The van der Waals surface area contributed by atoms with E-state index < -0.39 is 83.1 Å². The topological polar surface area (TPSA) is 83.6 Å². The number of benzene rings is 2. The number of hydrogen-bond donors (Lipinski definition) is 1. The first-order chi connectivity index (χ1) is 17.1. The lowest BCUT2D eigenvalue weighted by Gasteiger charge is -2.29. The highest BCUT2D eigenvalue weighted by Gasteiger charge is 2.41. The van der Waals surface area contributed by atoms with Gasteiger partial charge in [-0.15, -0.1) is 0 Å². The van der Waals surface area contributed by atoms with Crippen LogP contribution in [0.4, 0.5) is 8.78 Å². The number of amides is 3. The molecule has 2 heterocycles. The molecule has 2 aromatic carbocycles. The molecule has 0 aromatic heterocycles. The van der Waals surface area contributed by atoms with E-state index in [0.29, 0.717) is 4.90 Å². The van der Waals surface area contributed by atoms with Crippen molar-refractivity contribution in [3.8, 4) is 0 Å². The van der Waals surface area contributed by atoms with Crippen LogP contribution in [0.5, 0.6) is 0 Å². The summed E-state index contributed by atoms with van der Waals surface area (Å²) >= 11 is 5.69. The number of halogens is 3. The van der Waals surface area contributed by atoms with Crippen LogP contribution in [0.1, 0.15) is 53.2 Å². The van der Waals surface area contributed by atoms with Gasteiger partial charge in [0.15, 0.2) is 0 Å². The molecule has 4 rings (SSSR count). The van der Waals surface area contributed by atoms with Gasteiger partial charge < -0.3 is 4.90 Å². The van der Waals surface area contributed by atoms with Crippen LogP contribution in [-0.2, 0) is 33.2 Å². The molecule has 0 bridgehead atoms. The molecule has 1 atom stereocenters. The second-order valence-corrected chi connectivity index (χ2v) is 7.73. The van der Waals surface area contributed by atoms with Gasteiger partial charge in [0.25, 0.3) is 5.91 Å². The molecule has 2 aliphatic heterocycles. The summed E-state index contributed by atoms with van der Waals surface area (Å²) in [6, 6.07) is 4.02. The van der Waals surface area contributed by atoms with Gasteiger partial charge in [-0.3, -0.25) is 24.5 Å². The maximum absolute atomic E-state index is 14.8. The fourth-order valence-electron chi connectivity index (χ4n) is 3.43. The second kappa shape index (κ2) is 8.43. The summed E-state index contributed by atoms with van der Waals surface area (Å²) in [5.74, 6) is -8.28. The van der Waals surface area contributed by atoms with E-state index in [1.54, 1.807) is 0 Å². The van der Waals surface area contributed by atoms with E-state index in [0.717, 1.165) is 36.4 Å². The van der Waals surface area contributed by atoms with E-state index in [1.807, 2.05) is 5.32 Å². The van der Waals surface area contributed by atoms with E-state index in [4.69, 9.17) is 18.5 Å². The maximum Gasteiger partial charge on any atom is 0.330 e. The highest BCUT2D eigenvalue weighted by Crippen LogP contribution is 2.32. The molecule has 0 saturated carbocycles. The molecule has 3 amide bonds. The number of Topliss-reactive ketones (excluding diaryl/α,β-unsaturated/α-hetero) is 1. The van der Waals surface area contributed by atoms with E-state index in [-0.39, 0.29) is 17.9 Å². The van der Waals surface area contributed by atoms with Crippen LogP contribution in [0, 0.1) is 0 Å². The Balaban J connectivity index is 1.67. The molecular weight excluding hydrogens is 442 g/mol. The molecule has 2 aromatic rings. The number of imide groups is 1. The predicted octanol–water partition coefficient (Wildman–Crippen LogP) is 3.39. The first kappa shape index (κ1) is 16.5. The molecule has 0 spiro atoms. The van der Waals surface area contributed by atoms with Crippen LogP contribution < -0.4 is 5.32 Å². The Bertz CT molecular complexity index is 1340. The maximum atomic E-state index is 14.8. The van der Waals surface area contributed by atoms with Crippen LogP contribution in [-0.4, -0.2) is 34.4 Å². The third kappa shape index (κ3) is 4.14. The monoisotopic (exact) mass is 465 g/mol. The molecule has 1 N–H and O–H groups in total. The minimum atomic E-state index is -4.05. The van der Waals surface area contributed by atoms with Crippen LogP contribution in [0.15, 0.2) is 42.4 Å². The number of hydrogen-bond acceptors (Lipinski definition) is 4. The molecule has 0 aliphatic carbocycles. The van der Waals surface area contributed by atoms with Crippen molar-refractivity contribution in [2.45, 2.75) is 44.1 Å². The van der Waals surface area contributed by atoms with Crippen LogP contribution in [0.3, 0.4) is 0 Å². The standard InChI is InChI=1S/C23H19ClF2N2O4/c24-16-5-3-15(4-6-16)23(25,26)19(29)9-2-13-1-7-17-14(11-13)12-28(22(17)32)18-8-10-20(30)27-21(18)31/h1,3-7,11,18H,2,8-10,12H2,(H,27,30,31)/i2D2,7D,12D2. The Labute approximate surface area is 194 Å². The van der Waals surface area contributed by atoms with Crippen molar-refractivity contribution < 1.29 is 34.8 Å². The predicted molar refractivity (Wildman–Crippen MR) is 111 cm³/mol. The summed E-state index contributed by atoms with van der Waals surface area (Å²) in [5, 5.41) is 2.20. The minimum Gasteiger partial charge on any atom is -0.322 e. The fourth-order valence-corrected chi connectivity index (χ4v) is 3.55. The third-order valence-corrected chi connectivity index (χ3v) is 5.40. The number of piperidine rings is 1. The van der Waals surface area contributed by atoms with Crippen molar-refractivity contribution in [1.82, 2.24) is 10.2 Å². The molecule has 6 nitrogen and oxygen atoms in total. The average molecular weight is 466 g/mol. The van der Waals surface area contributed by atoms with E-state index in [1.165, 1.54) is 0 Å². The molecule has 32 heavy (non-hydrogen) atoms. The zero-order valence-corrected chi connectivity index (χ0v) is 17.1. The van der Waals surface area contributed by atoms with Crippen molar-refractivity contribution in [2.75, 3.05) is 0 Å². The van der Waals surface area contributed by atoms with Gasteiger partial charge in [-0.2, -0.15) is 8.78 Å². The Morgan fingerprint density at radius 3 is 2.69 bits per heavy atom. The first-order valence-electron chi connectivity index (χ1n) is 12.1. The molecular formula is C23H19ClF2N2O4. The molecule has 1 fully saturated rings. The quantitative estimate of drug-likeness (QED) is 0.663. The zero-order chi connectivity index (χ0) is 27.5. The summed E-state index contributed by atoms with van der Waals surface area (Å²) in [4.78, 5) is 49.9. The molecule has 1 saturated heterocycles. The van der Waals surface area contributed by atoms with Gasteiger partial charge in [0.2, 0.25) is 17.6 Å². The molecule has 2 aliphatic rings. The average Bonchev–Trinajstić information content (AvgIpc) is 2.99. The van der Waals surface area contributed by atoms with Crippen molar-refractivity contribution >= 4 is 35.1 Å². The number of rotatable bonds is 6. The lowest BCUT2D eigenvalue weighted by Crippen LogP contribution is -2.52. The van der Waals surface area contributed by atoms with Gasteiger partial charge in [-0.25, -0.2) is 0 Å². The second-order valence-electron chi connectivity index (χ2n) is 7.29. The number of ketones is 1. The number of carbonyl (C=O) groups is 4. The Hall–Kier alpha value is -3.13. The number of carbonyl (C=O) groups excluding carboxylic acids is 4. The van der Waals surface area contributed by atoms with Crippen molar-refractivity contribution in [1.29, 1.82) is 0 Å². The van der Waals surface area contributed by atoms with E-state index in [2.05, 4.69) is 0 Å². The summed E-state index contributed by atoms with van der Waals surface area (Å²) < 4.78 is 71.4. The van der Waals surface area contributed by atoms with E-state index >= 15 is 0 Å². The van der Waals surface area contributed by atoms with Gasteiger partial charge in [-0.05, 0) is 42.1 Å². The minimum absolute atomic E-state index is 0.141. The molecule has 9 heteroatoms. The third-order valence-electron chi connectivity index (χ3n) is 5.15. The molecule has 0 radical (unpaired) electrons. The normalized spacial score (nSPS) is 22.8. The Kier molecular flexibility index (Phi) is 4.34. The number of alkyl halides is 2. The number of aryl methyl sites for hydroxylation is 1. The number of nitrogens with zero attached hydrogens (tertiary/aromatic N) is 1. The Morgan fingerprint density at radius 1 is 1.28 bits per heavy atom. The highest BCUT2D eigenvalue weighted by atomic mass is 35.5. The molecule has 1 unspecified atom stereocenters. The smallest absolute Gasteiger partial charge is 0.322 e. The van der Waals surface area contributed by atoms with Gasteiger partial charge in [-0.1, -0.05) is 35.9 Å². The summed E-state index contributed by atoms with van der Waals surface area (Å²) in [6.45, 7) is -2.69. The lowest BCUT2D eigenvalue weighted by atomic mass is 9.97. The van der Waals surface area contributed by atoms with Crippen molar-refractivity contribution in [3.05, 3.63) is 69.7 Å². The SMILES string of the molecule is [2H]c1cc(C([2H])([2H])CC(=O)C(F)(F)c2ccc(Cl)cc2)cc2c1C(=O)N(C1CCC(=O)NC1=O)C2([2H])[2H]. The van der Waals surface area contributed by atoms with Gasteiger partial charge in [0.1, 0.15) is 6.04 Å². The van der Waals surface area contributed by atoms with Crippen molar-refractivity contribution in [2.24, 2.45) is 0 Å². The van der Waals surface area contributed by atoms with Gasteiger partial charge in [0.05, 0.1) is 4.11 Å². The largest absolute Gasteiger partial charge is 0.330 e. The number of fused-ring (bicyclic) bond motifs is 1. The lowest BCUT2D eigenvalue weighted by molar-refractivity contribution is -0.144. The molecule has 166 valence electrons. The highest BCUT2D eigenvalue weighted by molar-refractivity contribution is 6.30.